The first kappa shape index (κ1) is 16.7. The molecule has 0 saturated heterocycles. The molecule has 1 unspecified atom stereocenters. The molecule has 0 aromatic heterocycles. The molecule has 1 aromatic rings. The van der Waals surface area contributed by atoms with Gasteiger partial charge in [0.05, 0.1) is 12.2 Å². The molecule has 112 valence electrons. The number of hydrogen-bond donors (Lipinski definition) is 0. The molecule has 0 radical (unpaired) electrons. The van der Waals surface area contributed by atoms with Crippen molar-refractivity contribution in [1.29, 1.82) is 0 Å². The van der Waals surface area contributed by atoms with Crippen LogP contribution in [0.4, 0.5) is 0 Å². The molecule has 0 N–H and O–H groups in total. The number of benzene rings is 1. The van der Waals surface area contributed by atoms with Crippen LogP contribution in [0.15, 0.2) is 24.3 Å². The monoisotopic (exact) mass is 278 g/mol. The van der Waals surface area contributed by atoms with Gasteiger partial charge in [0.25, 0.3) is 0 Å². The smallest absolute Gasteiger partial charge is 0.338 e. The molecule has 0 saturated carbocycles. The van der Waals surface area contributed by atoms with Gasteiger partial charge in [-0.2, -0.15) is 0 Å². The summed E-state index contributed by atoms with van der Waals surface area (Å²) in [4.78, 5) is 12.1. The van der Waals surface area contributed by atoms with E-state index in [4.69, 9.17) is 9.47 Å². The summed E-state index contributed by atoms with van der Waals surface area (Å²) < 4.78 is 10.7. The number of rotatable bonds is 9. The van der Waals surface area contributed by atoms with Gasteiger partial charge >= 0.3 is 5.97 Å². The number of esters is 1. The zero-order valence-corrected chi connectivity index (χ0v) is 12.9. The standard InChI is InChI=1S/C17H26O3/c1-4-6-7-8-16(13-19-3)20-17(18)15-11-9-14(5-2)10-12-15/h9-12,16H,4-8,13H2,1-3H3. The Balaban J connectivity index is 2.54. The van der Waals surface area contributed by atoms with Crippen molar-refractivity contribution >= 4 is 5.97 Å². The van der Waals surface area contributed by atoms with Crippen molar-refractivity contribution in [2.75, 3.05) is 13.7 Å². The van der Waals surface area contributed by atoms with E-state index in [-0.39, 0.29) is 12.1 Å². The van der Waals surface area contributed by atoms with Crippen molar-refractivity contribution in [2.45, 2.75) is 52.1 Å². The Morgan fingerprint density at radius 1 is 1.15 bits per heavy atom. The third-order valence-electron chi connectivity index (χ3n) is 3.35. The van der Waals surface area contributed by atoms with Gasteiger partial charge in [0, 0.05) is 7.11 Å². The molecular formula is C17H26O3. The SMILES string of the molecule is CCCCCC(COC)OC(=O)c1ccc(CC)cc1. The Morgan fingerprint density at radius 2 is 1.85 bits per heavy atom. The number of carbonyl (C=O) groups is 1. The summed E-state index contributed by atoms with van der Waals surface area (Å²) in [5.41, 5.74) is 1.83. The summed E-state index contributed by atoms with van der Waals surface area (Å²) in [5, 5.41) is 0. The predicted octanol–water partition coefficient (Wildman–Crippen LogP) is 4.00. The lowest BCUT2D eigenvalue weighted by Crippen LogP contribution is -2.23. The molecule has 1 aromatic carbocycles. The Bertz CT molecular complexity index is 384. The van der Waals surface area contributed by atoms with Gasteiger partial charge in [-0.1, -0.05) is 38.8 Å². The van der Waals surface area contributed by atoms with Crippen LogP contribution in [0, 0.1) is 0 Å². The van der Waals surface area contributed by atoms with Gasteiger partial charge < -0.3 is 9.47 Å². The van der Waals surface area contributed by atoms with E-state index in [1.807, 2.05) is 24.3 Å². The van der Waals surface area contributed by atoms with Crippen molar-refractivity contribution in [3.05, 3.63) is 35.4 Å². The first-order chi connectivity index (χ1) is 9.71. The summed E-state index contributed by atoms with van der Waals surface area (Å²) >= 11 is 0. The van der Waals surface area contributed by atoms with E-state index in [0.717, 1.165) is 32.1 Å². The molecule has 20 heavy (non-hydrogen) atoms. The molecule has 0 aliphatic rings. The number of aryl methyl sites for hydroxylation is 1. The van der Waals surface area contributed by atoms with Gasteiger partial charge in [0.1, 0.15) is 6.10 Å². The van der Waals surface area contributed by atoms with Gasteiger partial charge in [0.2, 0.25) is 0 Å². The fraction of sp³-hybridized carbons (Fsp3) is 0.588. The molecule has 0 aliphatic heterocycles. The van der Waals surface area contributed by atoms with Crippen LogP contribution in [0.3, 0.4) is 0 Å². The van der Waals surface area contributed by atoms with Crippen LogP contribution < -0.4 is 0 Å². The molecule has 0 aliphatic carbocycles. The summed E-state index contributed by atoms with van der Waals surface area (Å²) in [6, 6.07) is 7.60. The average molecular weight is 278 g/mol. The molecule has 0 spiro atoms. The van der Waals surface area contributed by atoms with Gasteiger partial charge in [-0.05, 0) is 37.0 Å². The van der Waals surface area contributed by atoms with Crippen LogP contribution in [0.25, 0.3) is 0 Å². The second-order valence-corrected chi connectivity index (χ2v) is 5.03. The lowest BCUT2D eigenvalue weighted by molar-refractivity contribution is 0.00241. The lowest BCUT2D eigenvalue weighted by atomic mass is 10.1. The second-order valence-electron chi connectivity index (χ2n) is 5.03. The predicted molar refractivity (Wildman–Crippen MR) is 81.0 cm³/mol. The normalized spacial score (nSPS) is 12.2. The maximum atomic E-state index is 12.1. The quantitative estimate of drug-likeness (QED) is 0.506. The fourth-order valence-electron chi connectivity index (χ4n) is 2.08. The van der Waals surface area contributed by atoms with Crippen molar-refractivity contribution in [1.82, 2.24) is 0 Å². The molecule has 1 rings (SSSR count). The van der Waals surface area contributed by atoms with Gasteiger partial charge in [-0.15, -0.1) is 0 Å². The molecule has 0 amide bonds. The maximum absolute atomic E-state index is 12.1. The Morgan fingerprint density at radius 3 is 2.40 bits per heavy atom. The summed E-state index contributed by atoms with van der Waals surface area (Å²) in [6.07, 6.45) is 5.06. The maximum Gasteiger partial charge on any atom is 0.338 e. The van der Waals surface area contributed by atoms with Crippen LogP contribution in [0.5, 0.6) is 0 Å². The Hall–Kier alpha value is -1.35. The lowest BCUT2D eigenvalue weighted by Gasteiger charge is -2.17. The van der Waals surface area contributed by atoms with Crippen LogP contribution in [-0.2, 0) is 15.9 Å². The van der Waals surface area contributed by atoms with Gasteiger partial charge in [0.15, 0.2) is 0 Å². The first-order valence-electron chi connectivity index (χ1n) is 7.50. The molecule has 0 heterocycles. The van der Waals surface area contributed by atoms with E-state index in [1.165, 1.54) is 5.56 Å². The molecular weight excluding hydrogens is 252 g/mol. The van der Waals surface area contributed by atoms with Gasteiger partial charge in [-0.25, -0.2) is 4.79 Å². The van der Waals surface area contributed by atoms with E-state index in [9.17, 15) is 4.79 Å². The highest BCUT2D eigenvalue weighted by Crippen LogP contribution is 2.12. The van der Waals surface area contributed by atoms with Crippen LogP contribution in [0.1, 0.15) is 55.5 Å². The average Bonchev–Trinajstić information content (AvgIpc) is 2.47. The third-order valence-corrected chi connectivity index (χ3v) is 3.35. The van der Waals surface area contributed by atoms with Crippen molar-refractivity contribution in [3.63, 3.8) is 0 Å². The third kappa shape index (κ3) is 5.74. The Labute approximate surface area is 122 Å². The number of unbranched alkanes of at least 4 members (excludes halogenated alkanes) is 2. The zero-order chi connectivity index (χ0) is 14.8. The van der Waals surface area contributed by atoms with E-state index >= 15 is 0 Å². The minimum atomic E-state index is -0.258. The molecule has 3 nitrogen and oxygen atoms in total. The highest BCUT2D eigenvalue weighted by atomic mass is 16.6. The van der Waals surface area contributed by atoms with Gasteiger partial charge in [-0.3, -0.25) is 0 Å². The molecule has 3 heteroatoms. The highest BCUT2D eigenvalue weighted by molar-refractivity contribution is 5.89. The van der Waals surface area contributed by atoms with E-state index in [0.29, 0.717) is 12.2 Å². The van der Waals surface area contributed by atoms with E-state index in [2.05, 4.69) is 13.8 Å². The minimum absolute atomic E-state index is 0.148. The Kier molecular flexibility index (Phi) is 7.97. The van der Waals surface area contributed by atoms with Crippen LogP contribution >= 0.6 is 0 Å². The topological polar surface area (TPSA) is 35.5 Å². The fourth-order valence-corrected chi connectivity index (χ4v) is 2.08. The number of carbonyl (C=O) groups excluding carboxylic acids is 1. The number of hydrogen-bond acceptors (Lipinski definition) is 3. The van der Waals surface area contributed by atoms with E-state index in [1.54, 1.807) is 7.11 Å². The summed E-state index contributed by atoms with van der Waals surface area (Å²) in [5.74, 6) is -0.258. The van der Waals surface area contributed by atoms with E-state index < -0.39 is 0 Å². The summed E-state index contributed by atoms with van der Waals surface area (Å²) in [7, 11) is 1.64. The molecule has 0 fully saturated rings. The minimum Gasteiger partial charge on any atom is -0.456 e. The van der Waals surface area contributed by atoms with Crippen molar-refractivity contribution < 1.29 is 14.3 Å². The first-order valence-corrected chi connectivity index (χ1v) is 7.50. The van der Waals surface area contributed by atoms with Crippen molar-refractivity contribution in [2.24, 2.45) is 0 Å². The highest BCUT2D eigenvalue weighted by Gasteiger charge is 2.15. The number of ether oxygens (including phenoxy) is 2. The van der Waals surface area contributed by atoms with Crippen LogP contribution in [-0.4, -0.2) is 25.8 Å². The molecule has 0 bridgehead atoms. The largest absolute Gasteiger partial charge is 0.456 e. The second kappa shape index (κ2) is 9.54. The van der Waals surface area contributed by atoms with Crippen LogP contribution in [0.2, 0.25) is 0 Å². The molecule has 1 atom stereocenters. The zero-order valence-electron chi connectivity index (χ0n) is 12.9. The summed E-state index contributed by atoms with van der Waals surface area (Å²) in [6.45, 7) is 4.71. The number of methoxy groups -OCH3 is 1. The van der Waals surface area contributed by atoms with Crippen molar-refractivity contribution in [3.8, 4) is 0 Å².